The van der Waals surface area contributed by atoms with E-state index in [-0.39, 0.29) is 0 Å². The van der Waals surface area contributed by atoms with Crippen LogP contribution in [0.3, 0.4) is 0 Å². The molecule has 1 aliphatic rings. The lowest BCUT2D eigenvalue weighted by Crippen LogP contribution is -1.96. The van der Waals surface area contributed by atoms with Crippen LogP contribution in [0.5, 0.6) is 0 Å². The molecule has 1 aromatic rings. The summed E-state index contributed by atoms with van der Waals surface area (Å²) in [5.74, 6) is 1.06. The lowest BCUT2D eigenvalue weighted by Gasteiger charge is -1.98. The molecule has 1 fully saturated rings. The summed E-state index contributed by atoms with van der Waals surface area (Å²) in [5, 5.41) is 3.88. The van der Waals surface area contributed by atoms with Crippen LogP contribution >= 0.6 is 0 Å². The van der Waals surface area contributed by atoms with Crippen molar-refractivity contribution >= 4 is 0 Å². The molecular weight excluding hydrogens is 142 g/mol. The Morgan fingerprint density at radius 3 is 3.09 bits per heavy atom. The maximum Gasteiger partial charge on any atom is 0.137 e. The van der Waals surface area contributed by atoms with E-state index in [1.807, 2.05) is 6.07 Å². The van der Waals surface area contributed by atoms with Gasteiger partial charge in [-0.15, -0.1) is 0 Å². The highest BCUT2D eigenvalue weighted by atomic mass is 16.5. The number of aromatic nitrogens is 1. The third kappa shape index (κ3) is 1.28. The zero-order chi connectivity index (χ0) is 7.68. The Labute approximate surface area is 65.3 Å². The van der Waals surface area contributed by atoms with Crippen molar-refractivity contribution < 1.29 is 9.26 Å². The first-order valence-electron chi connectivity index (χ1n) is 3.72. The Morgan fingerprint density at radius 2 is 2.55 bits per heavy atom. The van der Waals surface area contributed by atoms with Crippen molar-refractivity contribution in [3.05, 3.63) is 24.4 Å². The molecule has 0 N–H and O–H groups in total. The molecule has 2 rings (SSSR count). The lowest BCUT2D eigenvalue weighted by atomic mass is 10.1. The highest BCUT2D eigenvalue weighted by Crippen LogP contribution is 2.24. The summed E-state index contributed by atoms with van der Waals surface area (Å²) in [6.07, 6.45) is 1.05. The van der Waals surface area contributed by atoms with Crippen molar-refractivity contribution in [2.24, 2.45) is 0 Å². The van der Waals surface area contributed by atoms with Gasteiger partial charge in [0.1, 0.15) is 5.76 Å². The van der Waals surface area contributed by atoms with Gasteiger partial charge in [-0.05, 0) is 6.42 Å². The maximum absolute atomic E-state index is 5.22. The summed E-state index contributed by atoms with van der Waals surface area (Å²) < 4.78 is 10.1. The second-order valence-electron chi connectivity index (χ2n) is 2.78. The van der Waals surface area contributed by atoms with Crippen LogP contribution in [0.4, 0.5) is 0 Å². The summed E-state index contributed by atoms with van der Waals surface area (Å²) in [7, 11) is 0. The number of ether oxygens (including phenoxy) is 1. The zero-order valence-electron chi connectivity index (χ0n) is 6.25. The third-order valence-corrected chi connectivity index (χ3v) is 1.93. The van der Waals surface area contributed by atoms with Crippen molar-refractivity contribution in [1.82, 2.24) is 5.16 Å². The Morgan fingerprint density at radius 1 is 1.64 bits per heavy atom. The highest BCUT2D eigenvalue weighted by molar-refractivity contribution is 5.13. The van der Waals surface area contributed by atoms with Gasteiger partial charge < -0.3 is 9.26 Å². The molecular formula is C8H10NO2. The fraction of sp³-hybridized carbons (Fsp3) is 0.500. The summed E-state index contributed by atoms with van der Waals surface area (Å²) >= 11 is 0. The van der Waals surface area contributed by atoms with Crippen molar-refractivity contribution in [2.75, 3.05) is 13.2 Å². The predicted octanol–water partition coefficient (Wildman–Crippen LogP) is 1.36. The first-order chi connectivity index (χ1) is 5.36. The van der Waals surface area contributed by atoms with Crippen LogP contribution in [0.2, 0.25) is 0 Å². The maximum atomic E-state index is 5.22. The molecule has 59 valence electrons. The Kier molecular flexibility index (Phi) is 1.66. The topological polar surface area (TPSA) is 35.3 Å². The monoisotopic (exact) mass is 152 g/mol. The van der Waals surface area contributed by atoms with Crippen molar-refractivity contribution in [3.8, 4) is 0 Å². The molecule has 3 heteroatoms. The minimum atomic E-state index is 0.425. The molecule has 0 aromatic carbocycles. The Balaban J connectivity index is 2.15. The van der Waals surface area contributed by atoms with Crippen LogP contribution in [0.1, 0.15) is 23.8 Å². The molecule has 1 saturated heterocycles. The third-order valence-electron chi connectivity index (χ3n) is 1.93. The molecule has 1 unspecified atom stereocenters. The van der Waals surface area contributed by atoms with E-state index in [1.54, 1.807) is 0 Å². The predicted molar refractivity (Wildman–Crippen MR) is 39.1 cm³/mol. The van der Waals surface area contributed by atoms with Gasteiger partial charge in [-0.2, -0.15) is 0 Å². The molecule has 11 heavy (non-hydrogen) atoms. The van der Waals surface area contributed by atoms with Crippen LogP contribution in [0.15, 0.2) is 10.6 Å². The van der Waals surface area contributed by atoms with Crippen LogP contribution in [0.25, 0.3) is 0 Å². The van der Waals surface area contributed by atoms with Gasteiger partial charge in [0.25, 0.3) is 0 Å². The van der Waals surface area contributed by atoms with E-state index in [2.05, 4.69) is 12.1 Å². The smallest absolute Gasteiger partial charge is 0.137 e. The number of nitrogens with zero attached hydrogens (tertiary/aromatic N) is 1. The first-order valence-corrected chi connectivity index (χ1v) is 3.72. The number of hydrogen-bond donors (Lipinski definition) is 0. The van der Waals surface area contributed by atoms with Gasteiger partial charge in [-0.1, -0.05) is 5.16 Å². The molecule has 2 heterocycles. The first kappa shape index (κ1) is 6.85. The average Bonchev–Trinajstić information content (AvgIpc) is 2.55. The van der Waals surface area contributed by atoms with E-state index in [1.165, 1.54) is 0 Å². The number of rotatable bonds is 1. The minimum Gasteiger partial charge on any atom is -0.381 e. The van der Waals surface area contributed by atoms with Crippen molar-refractivity contribution in [1.29, 1.82) is 0 Å². The molecule has 0 aliphatic carbocycles. The molecule has 1 aromatic heterocycles. The fourth-order valence-electron chi connectivity index (χ4n) is 1.29. The van der Waals surface area contributed by atoms with Gasteiger partial charge >= 0.3 is 0 Å². The van der Waals surface area contributed by atoms with Crippen LogP contribution in [-0.4, -0.2) is 18.4 Å². The van der Waals surface area contributed by atoms with Gasteiger partial charge in [0.05, 0.1) is 12.3 Å². The van der Waals surface area contributed by atoms with Crippen molar-refractivity contribution in [3.63, 3.8) is 0 Å². The van der Waals surface area contributed by atoms with E-state index in [0.717, 1.165) is 25.3 Å². The van der Waals surface area contributed by atoms with Crippen molar-refractivity contribution in [2.45, 2.75) is 12.3 Å². The van der Waals surface area contributed by atoms with E-state index in [0.29, 0.717) is 11.7 Å². The lowest BCUT2D eigenvalue weighted by molar-refractivity contribution is 0.193. The van der Waals surface area contributed by atoms with Crippen LogP contribution in [-0.2, 0) is 4.74 Å². The molecule has 1 radical (unpaired) electrons. The molecule has 0 bridgehead atoms. The Hall–Kier alpha value is -0.830. The summed E-state index contributed by atoms with van der Waals surface area (Å²) in [4.78, 5) is 0. The SMILES string of the molecule is [CH2]c1cc(C2CCOC2)no1. The largest absolute Gasteiger partial charge is 0.381 e. The molecule has 0 amide bonds. The van der Waals surface area contributed by atoms with Crippen LogP contribution < -0.4 is 0 Å². The second-order valence-corrected chi connectivity index (χ2v) is 2.78. The molecule has 1 aliphatic heterocycles. The van der Waals surface area contributed by atoms with E-state index >= 15 is 0 Å². The Bertz CT molecular complexity index is 238. The normalized spacial score (nSPS) is 24.3. The molecule has 0 spiro atoms. The second kappa shape index (κ2) is 2.66. The summed E-state index contributed by atoms with van der Waals surface area (Å²) in [6, 6.07) is 1.87. The van der Waals surface area contributed by atoms with Crippen LogP contribution in [0, 0.1) is 6.92 Å². The summed E-state index contributed by atoms with van der Waals surface area (Å²) in [5.41, 5.74) is 0.979. The van der Waals surface area contributed by atoms with E-state index in [4.69, 9.17) is 9.26 Å². The quantitative estimate of drug-likeness (QED) is 0.609. The van der Waals surface area contributed by atoms with Gasteiger partial charge in [0.2, 0.25) is 0 Å². The fourth-order valence-corrected chi connectivity index (χ4v) is 1.29. The molecule has 3 nitrogen and oxygen atoms in total. The van der Waals surface area contributed by atoms with Gasteiger partial charge in [0.15, 0.2) is 0 Å². The average molecular weight is 152 g/mol. The van der Waals surface area contributed by atoms with Gasteiger partial charge in [-0.3, -0.25) is 0 Å². The molecule has 1 atom stereocenters. The van der Waals surface area contributed by atoms with Gasteiger partial charge in [-0.25, -0.2) is 0 Å². The number of hydrogen-bond acceptors (Lipinski definition) is 3. The minimum absolute atomic E-state index is 0.425. The van der Waals surface area contributed by atoms with E-state index < -0.39 is 0 Å². The highest BCUT2D eigenvalue weighted by Gasteiger charge is 2.20. The summed E-state index contributed by atoms with van der Waals surface area (Å²) in [6.45, 7) is 5.25. The van der Waals surface area contributed by atoms with Gasteiger partial charge in [0, 0.05) is 25.5 Å². The zero-order valence-corrected chi connectivity index (χ0v) is 6.25. The standard InChI is InChI=1S/C8H10NO2/c1-6-4-8(9-11-6)7-2-3-10-5-7/h4,7H,1-3,5H2. The van der Waals surface area contributed by atoms with E-state index in [9.17, 15) is 0 Å². The molecule has 0 saturated carbocycles.